The van der Waals surface area contributed by atoms with E-state index in [9.17, 15) is 8.78 Å². The van der Waals surface area contributed by atoms with E-state index >= 15 is 0 Å². The van der Waals surface area contributed by atoms with Crippen molar-refractivity contribution < 1.29 is 8.78 Å². The lowest BCUT2D eigenvalue weighted by atomic mass is 10.1. The number of aromatic nitrogens is 3. The van der Waals surface area contributed by atoms with Gasteiger partial charge < -0.3 is 5.73 Å². The Labute approximate surface area is 97.7 Å². The summed E-state index contributed by atoms with van der Waals surface area (Å²) in [7, 11) is 0. The van der Waals surface area contributed by atoms with E-state index in [-0.39, 0.29) is 21.8 Å². The van der Waals surface area contributed by atoms with Gasteiger partial charge in [-0.15, -0.1) is 10.2 Å². The van der Waals surface area contributed by atoms with Crippen molar-refractivity contribution in [2.45, 2.75) is 0 Å². The van der Waals surface area contributed by atoms with Gasteiger partial charge in [0.2, 0.25) is 5.95 Å². The fourth-order valence-electron chi connectivity index (χ4n) is 1.18. The molecule has 0 unspecified atom stereocenters. The summed E-state index contributed by atoms with van der Waals surface area (Å²) in [5.41, 5.74) is 5.63. The standard InChI is InChI=1S/C9H5BrF2N4/c10-8-7(14-9(13)16-15-8)5-2-1-4(11)3-6(5)12/h1-3H,(H2,13,14,16). The second kappa shape index (κ2) is 4.09. The Kier molecular flexibility index (Phi) is 2.78. The molecule has 0 saturated carbocycles. The highest BCUT2D eigenvalue weighted by Crippen LogP contribution is 2.27. The molecular weight excluding hydrogens is 282 g/mol. The van der Waals surface area contributed by atoms with E-state index in [1.807, 2.05) is 0 Å². The number of nitrogens with two attached hydrogens (primary N) is 1. The minimum Gasteiger partial charge on any atom is -0.366 e. The van der Waals surface area contributed by atoms with Gasteiger partial charge in [-0.2, -0.15) is 0 Å². The molecule has 82 valence electrons. The first-order chi connectivity index (χ1) is 7.58. The van der Waals surface area contributed by atoms with Gasteiger partial charge >= 0.3 is 0 Å². The molecule has 0 bridgehead atoms. The van der Waals surface area contributed by atoms with Crippen LogP contribution in [0.5, 0.6) is 0 Å². The lowest BCUT2D eigenvalue weighted by Crippen LogP contribution is -2.01. The summed E-state index contributed by atoms with van der Waals surface area (Å²) in [5, 5.41) is 7.12. The molecule has 1 aromatic carbocycles. The number of nitrogen functional groups attached to an aromatic ring is 1. The average molecular weight is 287 g/mol. The van der Waals surface area contributed by atoms with Crippen LogP contribution in [0, 0.1) is 11.6 Å². The normalized spacial score (nSPS) is 10.4. The summed E-state index contributed by atoms with van der Waals surface area (Å²) in [6.45, 7) is 0. The largest absolute Gasteiger partial charge is 0.366 e. The molecule has 0 saturated heterocycles. The molecule has 0 amide bonds. The molecule has 2 aromatic rings. The number of benzene rings is 1. The van der Waals surface area contributed by atoms with Crippen LogP contribution in [0.4, 0.5) is 14.7 Å². The molecule has 0 fully saturated rings. The predicted molar refractivity (Wildman–Crippen MR) is 57.3 cm³/mol. The van der Waals surface area contributed by atoms with Crippen LogP contribution >= 0.6 is 15.9 Å². The highest BCUT2D eigenvalue weighted by Gasteiger charge is 2.13. The van der Waals surface area contributed by atoms with Crippen molar-refractivity contribution >= 4 is 21.9 Å². The van der Waals surface area contributed by atoms with E-state index in [2.05, 4.69) is 31.1 Å². The Balaban J connectivity index is 2.62. The summed E-state index contributed by atoms with van der Waals surface area (Å²) in [6, 6.07) is 3.15. The maximum atomic E-state index is 13.5. The molecule has 1 aromatic heterocycles. The zero-order valence-electron chi connectivity index (χ0n) is 7.78. The van der Waals surface area contributed by atoms with Crippen molar-refractivity contribution in [2.75, 3.05) is 5.73 Å². The first kappa shape index (κ1) is 10.9. The third kappa shape index (κ3) is 1.99. The van der Waals surface area contributed by atoms with Gasteiger partial charge in [0.1, 0.15) is 17.3 Å². The Hall–Kier alpha value is -1.63. The summed E-state index contributed by atoms with van der Waals surface area (Å²) in [6.07, 6.45) is 0. The van der Waals surface area contributed by atoms with Crippen LogP contribution in [0.1, 0.15) is 0 Å². The van der Waals surface area contributed by atoms with Crippen LogP contribution in [0.25, 0.3) is 11.3 Å². The lowest BCUT2D eigenvalue weighted by Gasteiger charge is -2.04. The molecule has 1 heterocycles. The van der Waals surface area contributed by atoms with Crippen LogP contribution in [0.2, 0.25) is 0 Å². The molecule has 0 aliphatic rings. The molecule has 0 spiro atoms. The van der Waals surface area contributed by atoms with Gasteiger partial charge in [-0.05, 0) is 28.1 Å². The number of rotatable bonds is 1. The van der Waals surface area contributed by atoms with E-state index in [1.54, 1.807) is 0 Å². The van der Waals surface area contributed by atoms with E-state index in [1.165, 1.54) is 6.07 Å². The van der Waals surface area contributed by atoms with Crippen LogP contribution in [-0.2, 0) is 0 Å². The Bertz CT molecular complexity index is 547. The molecule has 0 radical (unpaired) electrons. The third-order valence-electron chi connectivity index (χ3n) is 1.85. The Morgan fingerprint density at radius 3 is 2.62 bits per heavy atom. The fourth-order valence-corrected chi connectivity index (χ4v) is 1.56. The number of anilines is 1. The topological polar surface area (TPSA) is 64.7 Å². The molecule has 16 heavy (non-hydrogen) atoms. The third-order valence-corrected chi connectivity index (χ3v) is 2.38. The molecular formula is C9H5BrF2N4. The predicted octanol–water partition coefficient (Wildman–Crippen LogP) is 2.16. The van der Waals surface area contributed by atoms with Crippen LogP contribution in [-0.4, -0.2) is 15.2 Å². The minimum absolute atomic E-state index is 0.0816. The van der Waals surface area contributed by atoms with E-state index < -0.39 is 11.6 Å². The Morgan fingerprint density at radius 2 is 1.94 bits per heavy atom. The molecule has 0 atom stereocenters. The number of nitrogens with zero attached hydrogens (tertiary/aromatic N) is 3. The first-order valence-corrected chi connectivity index (χ1v) is 4.98. The van der Waals surface area contributed by atoms with Crippen LogP contribution in [0.15, 0.2) is 22.8 Å². The van der Waals surface area contributed by atoms with Crippen molar-refractivity contribution in [2.24, 2.45) is 0 Å². The minimum atomic E-state index is -0.736. The molecule has 7 heteroatoms. The summed E-state index contributed by atoms with van der Waals surface area (Å²) in [4.78, 5) is 3.83. The second-order valence-corrected chi connectivity index (χ2v) is 3.68. The molecule has 0 aliphatic heterocycles. The van der Waals surface area contributed by atoms with Gasteiger partial charge in [0.05, 0.1) is 0 Å². The van der Waals surface area contributed by atoms with Gasteiger partial charge in [0.25, 0.3) is 0 Å². The van der Waals surface area contributed by atoms with Gasteiger partial charge in [0.15, 0.2) is 4.60 Å². The summed E-state index contributed by atoms with van der Waals surface area (Å²) < 4.78 is 26.4. The van der Waals surface area contributed by atoms with E-state index in [0.29, 0.717) is 0 Å². The number of hydrogen-bond acceptors (Lipinski definition) is 4. The molecule has 4 nitrogen and oxygen atoms in total. The van der Waals surface area contributed by atoms with Crippen molar-refractivity contribution in [3.05, 3.63) is 34.4 Å². The lowest BCUT2D eigenvalue weighted by molar-refractivity contribution is 0.585. The van der Waals surface area contributed by atoms with Gasteiger partial charge in [-0.25, -0.2) is 13.8 Å². The van der Waals surface area contributed by atoms with Crippen molar-refractivity contribution in [1.29, 1.82) is 0 Å². The Morgan fingerprint density at radius 1 is 1.19 bits per heavy atom. The highest BCUT2D eigenvalue weighted by atomic mass is 79.9. The van der Waals surface area contributed by atoms with Gasteiger partial charge in [-0.1, -0.05) is 0 Å². The van der Waals surface area contributed by atoms with E-state index in [4.69, 9.17) is 5.73 Å². The maximum absolute atomic E-state index is 13.5. The average Bonchev–Trinajstić information content (AvgIpc) is 2.22. The van der Waals surface area contributed by atoms with Crippen molar-refractivity contribution in [3.63, 3.8) is 0 Å². The van der Waals surface area contributed by atoms with Crippen molar-refractivity contribution in [1.82, 2.24) is 15.2 Å². The zero-order valence-corrected chi connectivity index (χ0v) is 9.37. The zero-order chi connectivity index (χ0) is 11.7. The quantitative estimate of drug-likeness (QED) is 0.873. The fraction of sp³-hybridized carbons (Fsp3) is 0. The van der Waals surface area contributed by atoms with Crippen molar-refractivity contribution in [3.8, 4) is 11.3 Å². The van der Waals surface area contributed by atoms with E-state index in [0.717, 1.165) is 12.1 Å². The summed E-state index contributed by atoms with van der Waals surface area (Å²) in [5.74, 6) is -1.48. The molecule has 2 N–H and O–H groups in total. The summed E-state index contributed by atoms with van der Waals surface area (Å²) >= 11 is 3.07. The SMILES string of the molecule is Nc1nnc(Br)c(-c2ccc(F)cc2F)n1. The number of halogens is 3. The molecule has 2 rings (SSSR count). The van der Waals surface area contributed by atoms with Crippen LogP contribution < -0.4 is 5.73 Å². The molecule has 0 aliphatic carbocycles. The van der Waals surface area contributed by atoms with Gasteiger partial charge in [-0.3, -0.25) is 0 Å². The monoisotopic (exact) mass is 286 g/mol. The van der Waals surface area contributed by atoms with Crippen LogP contribution in [0.3, 0.4) is 0 Å². The smallest absolute Gasteiger partial charge is 0.240 e. The van der Waals surface area contributed by atoms with Gasteiger partial charge in [0, 0.05) is 11.6 Å². The first-order valence-electron chi connectivity index (χ1n) is 4.19. The maximum Gasteiger partial charge on any atom is 0.240 e. The second-order valence-electron chi connectivity index (χ2n) is 2.93. The number of hydrogen-bond donors (Lipinski definition) is 1. The highest BCUT2D eigenvalue weighted by molar-refractivity contribution is 9.10.